The maximum atomic E-state index is 12.2. The molecule has 1 saturated heterocycles. The molecule has 1 aromatic carbocycles. The number of nitrogens with zero attached hydrogens (tertiary/aromatic N) is 2. The number of carbonyl (C=O) groups excluding carboxylic acids is 2. The Morgan fingerprint density at radius 3 is 2.52 bits per heavy atom. The van der Waals surface area contributed by atoms with Crippen LogP contribution in [0.15, 0.2) is 24.3 Å². The van der Waals surface area contributed by atoms with E-state index in [-0.39, 0.29) is 24.3 Å². The fraction of sp³-hybridized carbons (Fsp3) is 0.550. The van der Waals surface area contributed by atoms with Gasteiger partial charge in [0.05, 0.1) is 6.54 Å². The molecule has 2 rings (SSSR count). The molecule has 7 nitrogen and oxygen atoms in total. The highest BCUT2D eigenvalue weighted by atomic mass is 16.4. The van der Waals surface area contributed by atoms with E-state index in [2.05, 4.69) is 10.2 Å². The monoisotopic (exact) mass is 375 g/mol. The van der Waals surface area contributed by atoms with E-state index >= 15 is 0 Å². The van der Waals surface area contributed by atoms with Gasteiger partial charge in [0.25, 0.3) is 0 Å². The minimum Gasteiger partial charge on any atom is -0.480 e. The number of carboxylic acid groups (broad SMARTS) is 1. The Hall–Kier alpha value is -2.25. The number of anilines is 1. The zero-order valence-corrected chi connectivity index (χ0v) is 16.1. The predicted octanol–water partition coefficient (Wildman–Crippen LogP) is 2.09. The molecule has 1 fully saturated rings. The summed E-state index contributed by atoms with van der Waals surface area (Å²) in [5, 5.41) is 11.8. The van der Waals surface area contributed by atoms with Crippen LogP contribution in [-0.2, 0) is 9.59 Å². The molecular formula is C20H29N3O4. The number of rotatable bonds is 8. The van der Waals surface area contributed by atoms with Crippen LogP contribution in [-0.4, -0.2) is 71.8 Å². The van der Waals surface area contributed by atoms with Crippen LogP contribution < -0.4 is 5.32 Å². The Morgan fingerprint density at radius 2 is 1.89 bits per heavy atom. The third kappa shape index (κ3) is 7.11. The number of likely N-dealkylation sites (N-methyl/N-ethyl adjacent to an activating group) is 1. The molecule has 7 heteroatoms. The molecule has 2 N–H and O–H groups in total. The maximum absolute atomic E-state index is 12.2. The van der Waals surface area contributed by atoms with Crippen LogP contribution in [0, 0.1) is 0 Å². The van der Waals surface area contributed by atoms with Gasteiger partial charge in [-0.15, -0.1) is 0 Å². The second kappa shape index (κ2) is 10.2. The number of hydrogen-bond acceptors (Lipinski definition) is 5. The third-order valence-electron chi connectivity index (χ3n) is 5.03. The van der Waals surface area contributed by atoms with Gasteiger partial charge in [-0.3, -0.25) is 19.3 Å². The van der Waals surface area contributed by atoms with Crippen LogP contribution in [0.2, 0.25) is 0 Å². The van der Waals surface area contributed by atoms with Crippen molar-refractivity contribution >= 4 is 23.3 Å². The highest BCUT2D eigenvalue weighted by Crippen LogP contribution is 2.16. The van der Waals surface area contributed by atoms with Gasteiger partial charge < -0.3 is 15.3 Å². The molecular weight excluding hydrogens is 346 g/mol. The number of carboxylic acids is 1. The molecule has 1 aliphatic heterocycles. The Bertz CT molecular complexity index is 660. The topological polar surface area (TPSA) is 90.0 Å². The van der Waals surface area contributed by atoms with Crippen molar-refractivity contribution in [2.24, 2.45) is 0 Å². The van der Waals surface area contributed by atoms with Crippen molar-refractivity contribution in [3.63, 3.8) is 0 Å². The van der Waals surface area contributed by atoms with Crippen LogP contribution in [0.25, 0.3) is 0 Å². The Morgan fingerprint density at radius 1 is 1.19 bits per heavy atom. The van der Waals surface area contributed by atoms with Gasteiger partial charge in [-0.25, -0.2) is 0 Å². The molecule has 0 bridgehead atoms. The summed E-state index contributed by atoms with van der Waals surface area (Å²) in [7, 11) is 1.86. The summed E-state index contributed by atoms with van der Waals surface area (Å²) in [6, 6.07) is 7.17. The summed E-state index contributed by atoms with van der Waals surface area (Å²) in [6.45, 7) is 4.06. The van der Waals surface area contributed by atoms with Crippen LogP contribution >= 0.6 is 0 Å². The molecule has 0 saturated carbocycles. The van der Waals surface area contributed by atoms with Crippen molar-refractivity contribution in [2.45, 2.75) is 38.6 Å². The van der Waals surface area contributed by atoms with E-state index in [1.807, 2.05) is 11.9 Å². The van der Waals surface area contributed by atoms with Gasteiger partial charge in [-0.2, -0.15) is 0 Å². The molecule has 1 heterocycles. The first-order chi connectivity index (χ1) is 12.8. The largest absolute Gasteiger partial charge is 0.480 e. The van der Waals surface area contributed by atoms with Crippen molar-refractivity contribution in [3.8, 4) is 0 Å². The van der Waals surface area contributed by atoms with E-state index in [0.717, 1.165) is 32.4 Å². The van der Waals surface area contributed by atoms with Crippen molar-refractivity contribution in [2.75, 3.05) is 38.5 Å². The van der Waals surface area contributed by atoms with Gasteiger partial charge >= 0.3 is 5.97 Å². The van der Waals surface area contributed by atoms with Gasteiger partial charge in [0.2, 0.25) is 5.91 Å². The number of aliphatic carboxylic acids is 1. The minimum atomic E-state index is -0.799. The number of nitrogens with one attached hydrogen (secondary N) is 1. The lowest BCUT2D eigenvalue weighted by Gasteiger charge is -2.25. The molecule has 1 atom stereocenters. The number of carbonyl (C=O) groups is 3. The van der Waals surface area contributed by atoms with E-state index in [4.69, 9.17) is 5.11 Å². The Kier molecular flexibility index (Phi) is 7.94. The Balaban J connectivity index is 1.75. The molecule has 1 aliphatic rings. The summed E-state index contributed by atoms with van der Waals surface area (Å²) in [6.07, 6.45) is 3.31. The van der Waals surface area contributed by atoms with Crippen LogP contribution in [0.4, 0.5) is 5.69 Å². The zero-order chi connectivity index (χ0) is 19.8. The van der Waals surface area contributed by atoms with Crippen LogP contribution in [0.1, 0.15) is 43.0 Å². The fourth-order valence-electron chi connectivity index (χ4n) is 3.42. The van der Waals surface area contributed by atoms with Crippen molar-refractivity contribution in [1.82, 2.24) is 9.80 Å². The molecule has 0 spiro atoms. The SMILES string of the molecule is CC(=O)c1ccc(NC(=O)CCN2CCCC(N(C)CC(=O)O)CC2)cc1. The van der Waals surface area contributed by atoms with Gasteiger partial charge in [-0.1, -0.05) is 0 Å². The van der Waals surface area contributed by atoms with Gasteiger partial charge in [0, 0.05) is 30.3 Å². The molecule has 1 unspecified atom stereocenters. The van der Waals surface area contributed by atoms with Crippen molar-refractivity contribution in [1.29, 1.82) is 0 Å². The number of Topliss-reactive ketones (excluding diaryl/α,β-unsaturated/α-hetero) is 1. The van der Waals surface area contributed by atoms with E-state index in [1.54, 1.807) is 24.3 Å². The number of hydrogen-bond donors (Lipinski definition) is 2. The smallest absolute Gasteiger partial charge is 0.317 e. The molecule has 0 aromatic heterocycles. The van der Waals surface area contributed by atoms with Crippen molar-refractivity contribution in [3.05, 3.63) is 29.8 Å². The molecule has 1 aromatic rings. The number of likely N-dealkylation sites (tertiary alicyclic amines) is 1. The standard InChI is InChI=1S/C20H29N3O4/c1-15(24)16-5-7-17(8-6-16)21-19(25)10-13-23-11-3-4-18(9-12-23)22(2)14-20(26)27/h5-8,18H,3-4,9-14H2,1-2H3,(H,21,25)(H,26,27). The third-order valence-corrected chi connectivity index (χ3v) is 5.03. The average molecular weight is 375 g/mol. The lowest BCUT2D eigenvalue weighted by molar-refractivity contribution is -0.138. The second-order valence-corrected chi connectivity index (χ2v) is 7.17. The highest BCUT2D eigenvalue weighted by Gasteiger charge is 2.21. The molecule has 148 valence electrons. The average Bonchev–Trinajstić information content (AvgIpc) is 2.85. The van der Waals surface area contributed by atoms with E-state index in [1.165, 1.54) is 6.92 Å². The molecule has 27 heavy (non-hydrogen) atoms. The van der Waals surface area contributed by atoms with E-state index < -0.39 is 5.97 Å². The van der Waals surface area contributed by atoms with E-state index in [9.17, 15) is 14.4 Å². The molecule has 1 amide bonds. The summed E-state index contributed by atoms with van der Waals surface area (Å²) in [5.41, 5.74) is 1.32. The lowest BCUT2D eigenvalue weighted by Crippen LogP contribution is -2.36. The fourth-order valence-corrected chi connectivity index (χ4v) is 3.42. The zero-order valence-electron chi connectivity index (χ0n) is 16.1. The maximum Gasteiger partial charge on any atom is 0.317 e. The normalized spacial score (nSPS) is 18.1. The van der Waals surface area contributed by atoms with Crippen LogP contribution in [0.3, 0.4) is 0 Å². The quantitative estimate of drug-likeness (QED) is 0.676. The van der Waals surface area contributed by atoms with E-state index in [0.29, 0.717) is 24.2 Å². The first-order valence-electron chi connectivity index (χ1n) is 9.40. The van der Waals surface area contributed by atoms with Gasteiger partial charge in [0.1, 0.15) is 0 Å². The summed E-state index contributed by atoms with van der Waals surface area (Å²) >= 11 is 0. The number of amides is 1. The van der Waals surface area contributed by atoms with Crippen molar-refractivity contribution < 1.29 is 19.5 Å². The molecule has 0 radical (unpaired) electrons. The lowest BCUT2D eigenvalue weighted by atomic mass is 10.1. The highest BCUT2D eigenvalue weighted by molar-refractivity contribution is 5.95. The summed E-state index contributed by atoms with van der Waals surface area (Å²) in [5.74, 6) is -0.845. The summed E-state index contributed by atoms with van der Waals surface area (Å²) < 4.78 is 0. The van der Waals surface area contributed by atoms with Gasteiger partial charge in [0.15, 0.2) is 5.78 Å². The molecule has 0 aliphatic carbocycles. The predicted molar refractivity (Wildman–Crippen MR) is 104 cm³/mol. The first kappa shape index (κ1) is 21.1. The Labute approximate surface area is 160 Å². The second-order valence-electron chi connectivity index (χ2n) is 7.17. The van der Waals surface area contributed by atoms with Crippen LogP contribution in [0.5, 0.6) is 0 Å². The summed E-state index contributed by atoms with van der Waals surface area (Å²) in [4.78, 5) is 38.5. The minimum absolute atomic E-state index is 0.00124. The van der Waals surface area contributed by atoms with Gasteiger partial charge in [-0.05, 0) is 70.6 Å². The number of benzene rings is 1. The first-order valence-corrected chi connectivity index (χ1v) is 9.40. The number of ketones is 1.